The van der Waals surface area contributed by atoms with Crippen molar-refractivity contribution in [1.29, 1.82) is 0 Å². The smallest absolute Gasteiger partial charge is 0.340 e. The topological polar surface area (TPSA) is 205 Å². The number of ketones is 2. The van der Waals surface area contributed by atoms with Crippen LogP contribution in [-0.4, -0.2) is 86.6 Å². The monoisotopic (exact) mass is 722 g/mol. The molecule has 268 valence electrons. The SMILES string of the molecule is COC(=O)c1c(Sc2c(O)cc(OC)c(C(=O)c3c(O)cc(C)cc3OC)c2C(=O)OC)c(O)cc(OC)c1C(=O)c1c(O)cc(C)cc1OC. The van der Waals surface area contributed by atoms with Crippen molar-refractivity contribution < 1.29 is 68.0 Å². The Morgan fingerprint density at radius 3 is 1.06 bits per heavy atom. The summed E-state index contributed by atoms with van der Waals surface area (Å²) in [5.41, 5.74) is -1.76. The Kier molecular flexibility index (Phi) is 11.3. The molecule has 0 bridgehead atoms. The fraction of sp³-hybridized carbons (Fsp3) is 0.222. The van der Waals surface area contributed by atoms with Gasteiger partial charge in [0.05, 0.1) is 74.7 Å². The van der Waals surface area contributed by atoms with Crippen LogP contribution < -0.4 is 18.9 Å². The van der Waals surface area contributed by atoms with E-state index in [0.717, 1.165) is 26.4 Å². The lowest BCUT2D eigenvalue weighted by Crippen LogP contribution is -2.17. The number of methoxy groups -OCH3 is 6. The average molecular weight is 723 g/mol. The second kappa shape index (κ2) is 15.2. The van der Waals surface area contributed by atoms with E-state index in [0.29, 0.717) is 22.9 Å². The highest BCUT2D eigenvalue weighted by Crippen LogP contribution is 2.50. The summed E-state index contributed by atoms with van der Waals surface area (Å²) >= 11 is 0.402. The number of ether oxygens (including phenoxy) is 6. The molecule has 0 aliphatic heterocycles. The second-order valence-corrected chi connectivity index (χ2v) is 11.8. The fourth-order valence-corrected chi connectivity index (χ4v) is 6.53. The van der Waals surface area contributed by atoms with Crippen LogP contribution in [0.5, 0.6) is 46.0 Å². The summed E-state index contributed by atoms with van der Waals surface area (Å²) in [5, 5.41) is 44.3. The maximum Gasteiger partial charge on any atom is 0.340 e. The summed E-state index contributed by atoms with van der Waals surface area (Å²) in [7, 11) is 6.90. The molecule has 0 atom stereocenters. The second-order valence-electron chi connectivity index (χ2n) is 10.8. The molecule has 15 heteroatoms. The van der Waals surface area contributed by atoms with Crippen molar-refractivity contribution in [1.82, 2.24) is 0 Å². The molecule has 4 aromatic rings. The Hall–Kier alpha value is -6.09. The van der Waals surface area contributed by atoms with Crippen molar-refractivity contribution in [3.05, 3.63) is 80.9 Å². The highest BCUT2D eigenvalue weighted by molar-refractivity contribution is 7.99. The van der Waals surface area contributed by atoms with E-state index in [1.807, 2.05) is 0 Å². The number of carbonyl (C=O) groups is 4. The maximum atomic E-state index is 14.2. The first-order valence-corrected chi connectivity index (χ1v) is 15.6. The van der Waals surface area contributed by atoms with E-state index in [-0.39, 0.29) is 34.1 Å². The standard InChI is InChI=1S/C36H34O14S/c1-15-9-17(37)25(21(11-15)45-3)31(41)27-23(47-5)13-19(39)33(29(27)35(43)49-7)51-34-20(40)14-24(48-6)28(30(34)36(44)50-8)32(42)26-18(38)10-16(2)12-22(26)46-4/h9-14,37-40H,1-8H3. The lowest BCUT2D eigenvalue weighted by Gasteiger charge is -2.21. The first kappa shape index (κ1) is 37.7. The van der Waals surface area contributed by atoms with Crippen molar-refractivity contribution in [2.45, 2.75) is 23.6 Å². The molecule has 0 fully saturated rings. The Balaban J connectivity index is 2.12. The minimum atomic E-state index is -1.17. The van der Waals surface area contributed by atoms with Crippen LogP contribution in [0, 0.1) is 13.8 Å². The van der Waals surface area contributed by atoms with Crippen LogP contribution in [0.1, 0.15) is 63.7 Å². The average Bonchev–Trinajstić information content (AvgIpc) is 3.10. The quantitative estimate of drug-likeness (QED) is 0.108. The van der Waals surface area contributed by atoms with Crippen molar-refractivity contribution in [2.24, 2.45) is 0 Å². The van der Waals surface area contributed by atoms with Crippen LogP contribution >= 0.6 is 11.8 Å². The summed E-state index contributed by atoms with van der Waals surface area (Å²) in [4.78, 5) is 54.7. The number of phenols is 4. The predicted molar refractivity (Wildman–Crippen MR) is 182 cm³/mol. The van der Waals surface area contributed by atoms with E-state index in [9.17, 15) is 39.6 Å². The molecule has 0 radical (unpaired) electrons. The number of hydrogen-bond acceptors (Lipinski definition) is 15. The molecule has 0 unspecified atom stereocenters. The van der Waals surface area contributed by atoms with Crippen LogP contribution in [0.3, 0.4) is 0 Å². The van der Waals surface area contributed by atoms with Gasteiger partial charge in [0, 0.05) is 12.1 Å². The van der Waals surface area contributed by atoms with E-state index in [2.05, 4.69) is 0 Å². The Morgan fingerprint density at radius 2 is 0.765 bits per heavy atom. The normalized spacial score (nSPS) is 10.7. The molecule has 0 saturated carbocycles. The number of rotatable bonds is 12. The molecule has 51 heavy (non-hydrogen) atoms. The Bertz CT molecular complexity index is 1940. The molecule has 0 aliphatic rings. The van der Waals surface area contributed by atoms with Gasteiger partial charge in [-0.25, -0.2) is 9.59 Å². The minimum absolute atomic E-state index is 0.0450. The van der Waals surface area contributed by atoms with Gasteiger partial charge >= 0.3 is 11.9 Å². The summed E-state index contributed by atoms with van der Waals surface area (Å²) in [6.07, 6.45) is 0. The van der Waals surface area contributed by atoms with E-state index in [1.54, 1.807) is 13.8 Å². The minimum Gasteiger partial charge on any atom is -0.507 e. The molecular weight excluding hydrogens is 688 g/mol. The predicted octanol–water partition coefficient (Wildman–Crippen LogP) is 5.35. The highest BCUT2D eigenvalue weighted by Gasteiger charge is 2.37. The molecule has 0 spiro atoms. The number of aryl methyl sites for hydroxylation is 2. The molecule has 4 aromatic carbocycles. The molecular formula is C36H34O14S. The lowest BCUT2D eigenvalue weighted by molar-refractivity contribution is 0.0585. The fourth-order valence-electron chi connectivity index (χ4n) is 5.43. The zero-order valence-electron chi connectivity index (χ0n) is 28.7. The largest absolute Gasteiger partial charge is 0.507 e. The van der Waals surface area contributed by atoms with Crippen molar-refractivity contribution in [3.63, 3.8) is 0 Å². The number of carbonyl (C=O) groups excluding carboxylic acids is 4. The van der Waals surface area contributed by atoms with Gasteiger partial charge in [-0.3, -0.25) is 9.59 Å². The summed E-state index contributed by atoms with van der Waals surface area (Å²) in [6.45, 7) is 3.31. The van der Waals surface area contributed by atoms with Gasteiger partial charge < -0.3 is 48.8 Å². The summed E-state index contributed by atoms with van der Waals surface area (Å²) in [5.74, 6) is -7.33. The third-order valence-electron chi connectivity index (χ3n) is 7.67. The molecule has 4 N–H and O–H groups in total. The summed E-state index contributed by atoms with van der Waals surface area (Å²) in [6, 6.07) is 7.55. The zero-order chi connectivity index (χ0) is 37.9. The third kappa shape index (κ3) is 6.88. The third-order valence-corrected chi connectivity index (χ3v) is 8.91. The van der Waals surface area contributed by atoms with Gasteiger partial charge in [0.25, 0.3) is 0 Å². The van der Waals surface area contributed by atoms with Gasteiger partial charge in [-0.05, 0) is 49.2 Å². The molecule has 0 aromatic heterocycles. The van der Waals surface area contributed by atoms with Crippen molar-refractivity contribution in [2.75, 3.05) is 42.7 Å². The van der Waals surface area contributed by atoms with Gasteiger partial charge in [0.15, 0.2) is 0 Å². The molecule has 0 aliphatic carbocycles. The van der Waals surface area contributed by atoms with E-state index in [1.165, 1.54) is 52.7 Å². The van der Waals surface area contributed by atoms with Crippen molar-refractivity contribution >= 4 is 35.3 Å². The first-order valence-electron chi connectivity index (χ1n) is 14.8. The van der Waals surface area contributed by atoms with Gasteiger partial charge in [-0.2, -0.15) is 0 Å². The molecule has 0 saturated heterocycles. The van der Waals surface area contributed by atoms with Crippen LogP contribution in [0.2, 0.25) is 0 Å². The maximum absolute atomic E-state index is 14.2. The molecule has 0 heterocycles. The summed E-state index contributed by atoms with van der Waals surface area (Å²) < 4.78 is 31.5. The Labute approximate surface area is 296 Å². The van der Waals surface area contributed by atoms with E-state index in [4.69, 9.17) is 28.4 Å². The van der Waals surface area contributed by atoms with Crippen LogP contribution in [0.25, 0.3) is 0 Å². The number of aromatic hydroxyl groups is 4. The van der Waals surface area contributed by atoms with E-state index >= 15 is 0 Å². The zero-order valence-corrected chi connectivity index (χ0v) is 29.6. The number of esters is 2. The van der Waals surface area contributed by atoms with Crippen molar-refractivity contribution in [3.8, 4) is 46.0 Å². The highest BCUT2D eigenvalue weighted by atomic mass is 32.2. The van der Waals surface area contributed by atoms with Gasteiger partial charge in [0.2, 0.25) is 11.6 Å². The lowest BCUT2D eigenvalue weighted by atomic mass is 9.94. The Morgan fingerprint density at radius 1 is 0.451 bits per heavy atom. The van der Waals surface area contributed by atoms with E-state index < -0.39 is 78.5 Å². The van der Waals surface area contributed by atoms with Crippen LogP contribution in [0.4, 0.5) is 0 Å². The molecule has 0 amide bonds. The number of phenolic OH excluding ortho intramolecular Hbond substituents is 4. The van der Waals surface area contributed by atoms with Gasteiger partial charge in [0.1, 0.15) is 57.1 Å². The van der Waals surface area contributed by atoms with Crippen LogP contribution in [-0.2, 0) is 9.47 Å². The van der Waals surface area contributed by atoms with Gasteiger partial charge in [-0.15, -0.1) is 0 Å². The molecule has 14 nitrogen and oxygen atoms in total. The van der Waals surface area contributed by atoms with Crippen LogP contribution in [0.15, 0.2) is 46.2 Å². The van der Waals surface area contributed by atoms with Gasteiger partial charge in [-0.1, -0.05) is 11.8 Å². The first-order chi connectivity index (χ1) is 24.2. The number of benzene rings is 4. The molecule has 4 rings (SSSR count). The number of hydrogen-bond donors (Lipinski definition) is 4.